The molecule has 0 aromatic carbocycles. The zero-order chi connectivity index (χ0) is 13.8. The fraction of sp³-hybridized carbons (Fsp3) is 0.857. The third kappa shape index (κ3) is 6.32. The quantitative estimate of drug-likeness (QED) is 0.705. The molecule has 106 valence electrons. The summed E-state index contributed by atoms with van der Waals surface area (Å²) in [6.07, 6.45) is 3.53. The molecule has 0 radical (unpaired) electrons. The molecule has 0 saturated carbocycles. The van der Waals surface area contributed by atoms with Crippen LogP contribution in [-0.4, -0.2) is 35.7 Å². The molecule has 0 bridgehead atoms. The van der Waals surface area contributed by atoms with Gasteiger partial charge in [-0.1, -0.05) is 50.2 Å². The van der Waals surface area contributed by atoms with Crippen molar-refractivity contribution in [2.75, 3.05) is 13.2 Å². The van der Waals surface area contributed by atoms with Gasteiger partial charge < -0.3 is 9.47 Å². The molecule has 1 fully saturated rings. The second-order valence-corrected chi connectivity index (χ2v) is 17.6. The maximum atomic E-state index is 5.98. The van der Waals surface area contributed by atoms with E-state index >= 15 is 0 Å². The van der Waals surface area contributed by atoms with Gasteiger partial charge in [-0.3, -0.25) is 0 Å². The van der Waals surface area contributed by atoms with E-state index in [-0.39, 0.29) is 6.29 Å². The molecule has 0 aromatic rings. The summed E-state index contributed by atoms with van der Waals surface area (Å²) in [5, 5.41) is 1.57. The van der Waals surface area contributed by atoms with E-state index in [1.807, 2.05) is 0 Å². The van der Waals surface area contributed by atoms with Gasteiger partial charge in [-0.05, 0) is 19.3 Å². The maximum absolute atomic E-state index is 5.98. The lowest BCUT2D eigenvalue weighted by atomic mass is 10.2. The van der Waals surface area contributed by atoms with Crippen LogP contribution < -0.4 is 0 Å². The molecule has 18 heavy (non-hydrogen) atoms. The minimum Gasteiger partial charge on any atom is -0.353 e. The molecule has 1 aliphatic rings. The Morgan fingerprint density at radius 2 is 1.83 bits per heavy atom. The van der Waals surface area contributed by atoms with E-state index in [1.165, 1.54) is 12.8 Å². The Hall–Kier alpha value is 0.0938. The summed E-state index contributed by atoms with van der Waals surface area (Å²) < 4.78 is 11.6. The fourth-order valence-electron chi connectivity index (χ4n) is 2.02. The van der Waals surface area contributed by atoms with Gasteiger partial charge in [0.25, 0.3) is 0 Å². The SMILES string of the molecule is C[Si](C)(C)/C=C(/COC1CCCCO1)[Si](C)(C)C. The predicted molar refractivity (Wildman–Crippen MR) is 84.3 cm³/mol. The standard InChI is InChI=1S/C14H30O2Si2/c1-17(2,3)12-13(18(4,5)6)11-16-14-9-7-8-10-15-14/h12,14H,7-11H2,1-6H3/b13-12-. The van der Waals surface area contributed by atoms with Crippen molar-refractivity contribution in [1.82, 2.24) is 0 Å². The van der Waals surface area contributed by atoms with Crippen molar-refractivity contribution in [3.8, 4) is 0 Å². The van der Waals surface area contributed by atoms with E-state index < -0.39 is 16.1 Å². The van der Waals surface area contributed by atoms with E-state index in [9.17, 15) is 0 Å². The summed E-state index contributed by atoms with van der Waals surface area (Å²) in [6, 6.07) is 0. The lowest BCUT2D eigenvalue weighted by molar-refractivity contribution is -0.156. The van der Waals surface area contributed by atoms with Crippen molar-refractivity contribution in [2.45, 2.75) is 64.8 Å². The van der Waals surface area contributed by atoms with Crippen LogP contribution in [0.5, 0.6) is 0 Å². The Morgan fingerprint density at radius 3 is 2.28 bits per heavy atom. The Balaban J connectivity index is 2.59. The van der Waals surface area contributed by atoms with Crippen molar-refractivity contribution >= 4 is 16.1 Å². The Labute approximate surface area is 115 Å². The minimum atomic E-state index is -1.27. The van der Waals surface area contributed by atoms with E-state index in [1.54, 1.807) is 5.20 Å². The van der Waals surface area contributed by atoms with Crippen LogP contribution in [0.3, 0.4) is 0 Å². The van der Waals surface area contributed by atoms with E-state index in [0.717, 1.165) is 19.6 Å². The van der Waals surface area contributed by atoms with Gasteiger partial charge in [0.15, 0.2) is 6.29 Å². The van der Waals surface area contributed by atoms with Gasteiger partial charge in [0, 0.05) is 6.61 Å². The molecule has 1 unspecified atom stereocenters. The Bertz CT molecular complexity index is 281. The average molecular weight is 287 g/mol. The minimum absolute atomic E-state index is 0.0418. The summed E-state index contributed by atoms with van der Waals surface area (Å²) >= 11 is 0. The van der Waals surface area contributed by atoms with Gasteiger partial charge >= 0.3 is 0 Å². The van der Waals surface area contributed by atoms with Crippen LogP contribution in [0.2, 0.25) is 39.3 Å². The highest BCUT2D eigenvalue weighted by Gasteiger charge is 2.24. The van der Waals surface area contributed by atoms with Crippen LogP contribution in [0.25, 0.3) is 0 Å². The van der Waals surface area contributed by atoms with E-state index in [0.29, 0.717) is 0 Å². The fourth-order valence-corrected chi connectivity index (χ4v) is 6.70. The van der Waals surface area contributed by atoms with Gasteiger partial charge in [-0.2, -0.15) is 0 Å². The monoisotopic (exact) mass is 286 g/mol. The number of ether oxygens (including phenoxy) is 2. The average Bonchev–Trinajstić information content (AvgIpc) is 2.22. The number of hydrogen-bond donors (Lipinski definition) is 0. The summed E-state index contributed by atoms with van der Waals surface area (Å²) in [4.78, 5) is 0. The largest absolute Gasteiger partial charge is 0.353 e. The molecule has 0 aliphatic carbocycles. The molecule has 0 aromatic heterocycles. The van der Waals surface area contributed by atoms with Gasteiger partial charge in [-0.25, -0.2) is 0 Å². The normalized spacial score (nSPS) is 23.2. The predicted octanol–water partition coefficient (Wildman–Crippen LogP) is 4.21. The van der Waals surface area contributed by atoms with E-state index in [4.69, 9.17) is 9.47 Å². The Kier molecular flexibility index (Phi) is 5.83. The highest BCUT2D eigenvalue weighted by atomic mass is 28.3. The third-order valence-electron chi connectivity index (χ3n) is 3.13. The molecular formula is C14H30O2Si2. The smallest absolute Gasteiger partial charge is 0.157 e. The Morgan fingerprint density at radius 1 is 1.17 bits per heavy atom. The maximum Gasteiger partial charge on any atom is 0.157 e. The highest BCUT2D eigenvalue weighted by molar-refractivity contribution is 6.87. The van der Waals surface area contributed by atoms with Crippen LogP contribution in [-0.2, 0) is 9.47 Å². The van der Waals surface area contributed by atoms with Crippen molar-refractivity contribution < 1.29 is 9.47 Å². The van der Waals surface area contributed by atoms with Crippen LogP contribution in [0.4, 0.5) is 0 Å². The first-order chi connectivity index (χ1) is 8.18. The number of hydrogen-bond acceptors (Lipinski definition) is 2. The first-order valence-corrected chi connectivity index (χ1v) is 14.2. The lowest BCUT2D eigenvalue weighted by Gasteiger charge is -2.28. The zero-order valence-corrected chi connectivity index (χ0v) is 15.0. The van der Waals surface area contributed by atoms with Gasteiger partial charge in [0.2, 0.25) is 0 Å². The van der Waals surface area contributed by atoms with Gasteiger partial charge in [0.1, 0.15) is 0 Å². The summed E-state index contributed by atoms with van der Waals surface area (Å²) in [6.45, 7) is 16.0. The van der Waals surface area contributed by atoms with Crippen LogP contribution >= 0.6 is 0 Å². The zero-order valence-electron chi connectivity index (χ0n) is 13.0. The molecule has 1 heterocycles. The molecule has 2 nitrogen and oxygen atoms in total. The second-order valence-electron chi connectivity index (χ2n) is 7.39. The molecule has 4 heteroatoms. The molecule has 0 N–H and O–H groups in total. The van der Waals surface area contributed by atoms with Crippen LogP contribution in [0.15, 0.2) is 10.9 Å². The van der Waals surface area contributed by atoms with Gasteiger partial charge in [0.05, 0.1) is 22.8 Å². The van der Waals surface area contributed by atoms with Crippen LogP contribution in [0, 0.1) is 0 Å². The lowest BCUT2D eigenvalue weighted by Crippen LogP contribution is -2.33. The molecule has 1 aliphatic heterocycles. The molecule has 1 atom stereocenters. The topological polar surface area (TPSA) is 18.5 Å². The second kappa shape index (κ2) is 6.50. The first-order valence-electron chi connectivity index (χ1n) is 7.14. The van der Waals surface area contributed by atoms with E-state index in [2.05, 4.69) is 45.0 Å². The molecule has 0 spiro atoms. The number of rotatable bonds is 5. The molecule has 1 saturated heterocycles. The first kappa shape index (κ1) is 16.1. The van der Waals surface area contributed by atoms with Crippen LogP contribution in [0.1, 0.15) is 19.3 Å². The van der Waals surface area contributed by atoms with Crippen molar-refractivity contribution in [3.63, 3.8) is 0 Å². The van der Waals surface area contributed by atoms with Gasteiger partial charge in [-0.15, -0.1) is 0 Å². The summed E-state index contributed by atoms with van der Waals surface area (Å²) in [5.41, 5.74) is 2.54. The summed E-state index contributed by atoms with van der Waals surface area (Å²) in [5.74, 6) is 0. The van der Waals surface area contributed by atoms with Crippen molar-refractivity contribution in [2.24, 2.45) is 0 Å². The molecule has 1 rings (SSSR count). The third-order valence-corrected chi connectivity index (χ3v) is 6.85. The highest BCUT2D eigenvalue weighted by Crippen LogP contribution is 2.21. The van der Waals surface area contributed by atoms with Crippen molar-refractivity contribution in [3.05, 3.63) is 10.9 Å². The van der Waals surface area contributed by atoms with Crippen molar-refractivity contribution in [1.29, 1.82) is 0 Å². The summed E-state index contributed by atoms with van der Waals surface area (Å²) in [7, 11) is -2.43. The molecule has 0 amide bonds. The molecular weight excluding hydrogens is 256 g/mol.